The molecule has 2 aliphatic rings. The van der Waals surface area contributed by atoms with Crippen LogP contribution in [0.5, 0.6) is 0 Å². The van der Waals surface area contributed by atoms with Gasteiger partial charge in [0.05, 0.1) is 12.6 Å². The van der Waals surface area contributed by atoms with Crippen molar-refractivity contribution in [3.8, 4) is 0 Å². The van der Waals surface area contributed by atoms with E-state index in [0.717, 1.165) is 5.56 Å². The van der Waals surface area contributed by atoms with Gasteiger partial charge in [-0.3, -0.25) is 28.8 Å². The number of amides is 6. The molecule has 0 aromatic heterocycles. The molecule has 1 aliphatic carbocycles. The summed E-state index contributed by atoms with van der Waals surface area (Å²) >= 11 is 0. The minimum absolute atomic E-state index is 0.00139. The van der Waals surface area contributed by atoms with E-state index in [1.165, 1.54) is 30.3 Å². The first-order valence-electron chi connectivity index (χ1n) is 20.7. The molecule has 1 aliphatic heterocycles. The minimum Gasteiger partial charge on any atom is -0.444 e. The van der Waals surface area contributed by atoms with Crippen LogP contribution in [0.1, 0.15) is 103 Å². The Morgan fingerprint density at radius 2 is 1.45 bits per heavy atom. The lowest BCUT2D eigenvalue weighted by Crippen LogP contribution is -2.58. The van der Waals surface area contributed by atoms with E-state index in [4.69, 9.17) is 4.74 Å². The third-order valence-electron chi connectivity index (χ3n) is 9.97. The quantitative estimate of drug-likeness (QED) is 0.184. The second kappa shape index (κ2) is 22.8. The zero-order valence-corrected chi connectivity index (χ0v) is 35.9. The summed E-state index contributed by atoms with van der Waals surface area (Å²) in [6.45, 7) is 8.67. The molecule has 0 radical (unpaired) electrons. The molecular formula is C44H62F2N6O8. The molecular weight excluding hydrogens is 779 g/mol. The first kappa shape index (κ1) is 49.0. The second-order valence-electron chi connectivity index (χ2n) is 16.5. The number of aryl methyl sites for hydroxylation is 1. The smallest absolute Gasteiger partial charge is 0.408 e. The Kier molecular flexibility index (Phi) is 18.6. The maximum absolute atomic E-state index is 14.2. The summed E-state index contributed by atoms with van der Waals surface area (Å²) in [6.07, 6.45) is 0.266. The number of alkyl halides is 2. The number of hydrogen-bond donors (Lipinski definition) is 4. The zero-order chi connectivity index (χ0) is 44.6. The van der Waals surface area contributed by atoms with Gasteiger partial charge in [-0.05, 0) is 76.3 Å². The predicted molar refractivity (Wildman–Crippen MR) is 221 cm³/mol. The van der Waals surface area contributed by atoms with Crippen LogP contribution in [0.4, 0.5) is 13.6 Å². The maximum atomic E-state index is 14.2. The predicted octanol–water partition coefficient (Wildman–Crippen LogP) is 4.86. The standard InChI is InChI=1S/C41H54F2N6O8.C3H8/c1-40(2,3)57-39(56)47-33(28-20-22-41(42,43)23-21-28)38(55)49-24-12-17-30(49)35(52)45-29(19-18-26-13-8-6-9-14-26)34(51)36(53)44-25-31(50)46-32(37(54)48(4)5)27-15-10-7-11-16-27;1-3-2/h6-11,13-16,28-30,32-33H,12,17-25H2,1-5H3,(H,44,53)(H,45,52)(H,46,50)(H,47,56);3H2,1-2H3/t29?,30?,32-,33?;/m0./s1. The molecule has 1 saturated carbocycles. The van der Waals surface area contributed by atoms with Crippen LogP contribution in [0, 0.1) is 5.92 Å². The lowest BCUT2D eigenvalue weighted by Gasteiger charge is -2.36. The van der Waals surface area contributed by atoms with Crippen molar-refractivity contribution in [3.63, 3.8) is 0 Å². The van der Waals surface area contributed by atoms with E-state index in [1.807, 2.05) is 18.2 Å². The van der Waals surface area contributed by atoms with Gasteiger partial charge in [0.2, 0.25) is 35.3 Å². The number of nitrogens with one attached hydrogen (secondary N) is 4. The van der Waals surface area contributed by atoms with Crippen LogP contribution in [0.3, 0.4) is 0 Å². The lowest BCUT2D eigenvalue weighted by molar-refractivity contribution is -0.144. The third-order valence-corrected chi connectivity index (χ3v) is 9.97. The average Bonchev–Trinajstić information content (AvgIpc) is 3.70. The highest BCUT2D eigenvalue weighted by Crippen LogP contribution is 2.38. The maximum Gasteiger partial charge on any atom is 0.408 e. The number of rotatable bonds is 15. The van der Waals surface area contributed by atoms with Gasteiger partial charge in [0.25, 0.3) is 5.91 Å². The van der Waals surface area contributed by atoms with E-state index >= 15 is 0 Å². The van der Waals surface area contributed by atoms with Crippen molar-refractivity contribution in [1.82, 2.24) is 31.1 Å². The molecule has 6 amide bonds. The van der Waals surface area contributed by atoms with Crippen molar-refractivity contribution >= 4 is 41.4 Å². The fraction of sp³-hybridized carbons (Fsp3) is 0.568. The number of hydrogen-bond acceptors (Lipinski definition) is 8. The number of likely N-dealkylation sites (tertiary alicyclic amines) is 1. The van der Waals surface area contributed by atoms with Gasteiger partial charge in [0.15, 0.2) is 0 Å². The average molecular weight is 841 g/mol. The summed E-state index contributed by atoms with van der Waals surface area (Å²) in [6, 6.07) is 12.8. The highest BCUT2D eigenvalue weighted by Gasteiger charge is 2.45. The fourth-order valence-corrected chi connectivity index (χ4v) is 6.99. The van der Waals surface area contributed by atoms with E-state index in [0.29, 0.717) is 12.0 Å². The summed E-state index contributed by atoms with van der Waals surface area (Å²) in [5.74, 6) is -8.19. The molecule has 3 unspecified atom stereocenters. The van der Waals surface area contributed by atoms with Crippen LogP contribution in [0.25, 0.3) is 0 Å². The fourth-order valence-electron chi connectivity index (χ4n) is 6.99. The van der Waals surface area contributed by atoms with Gasteiger partial charge in [0.1, 0.15) is 23.7 Å². The number of halogens is 2. The van der Waals surface area contributed by atoms with Crippen LogP contribution in [-0.2, 0) is 39.9 Å². The highest BCUT2D eigenvalue weighted by atomic mass is 19.3. The third kappa shape index (κ3) is 15.3. The molecule has 2 fully saturated rings. The largest absolute Gasteiger partial charge is 0.444 e. The van der Waals surface area contributed by atoms with Crippen molar-refractivity contribution in [2.45, 2.75) is 128 Å². The van der Waals surface area contributed by atoms with Crippen molar-refractivity contribution < 1.29 is 47.1 Å². The van der Waals surface area contributed by atoms with Gasteiger partial charge < -0.3 is 35.8 Å². The Morgan fingerprint density at radius 3 is 2.02 bits per heavy atom. The summed E-state index contributed by atoms with van der Waals surface area (Å²) < 4.78 is 33.6. The molecule has 1 heterocycles. The molecule has 4 rings (SSSR count). The summed E-state index contributed by atoms with van der Waals surface area (Å²) in [7, 11) is 3.07. The van der Waals surface area contributed by atoms with E-state index in [1.54, 1.807) is 63.2 Å². The van der Waals surface area contributed by atoms with E-state index in [-0.39, 0.29) is 38.6 Å². The van der Waals surface area contributed by atoms with E-state index in [9.17, 15) is 42.3 Å². The summed E-state index contributed by atoms with van der Waals surface area (Å²) in [5, 5.41) is 10.1. The first-order chi connectivity index (χ1) is 28.3. The summed E-state index contributed by atoms with van der Waals surface area (Å²) in [5.41, 5.74) is 0.441. The molecule has 0 bridgehead atoms. The number of Topliss-reactive ketones (excluding diaryl/α,β-unsaturated/α-hetero) is 1. The highest BCUT2D eigenvalue weighted by molar-refractivity contribution is 6.38. The number of ether oxygens (including phenoxy) is 1. The topological polar surface area (TPSA) is 183 Å². The molecule has 0 spiro atoms. The Balaban J connectivity index is 0.00000311. The molecule has 2 aromatic carbocycles. The van der Waals surface area contributed by atoms with Crippen molar-refractivity contribution in [1.29, 1.82) is 0 Å². The van der Waals surface area contributed by atoms with Crippen LogP contribution in [-0.4, -0.2) is 108 Å². The molecule has 60 heavy (non-hydrogen) atoms. The molecule has 2 aromatic rings. The number of benzene rings is 2. The Labute approximate surface area is 351 Å². The molecule has 16 heteroatoms. The van der Waals surface area contributed by atoms with Gasteiger partial charge >= 0.3 is 6.09 Å². The van der Waals surface area contributed by atoms with Gasteiger partial charge in [-0.25, -0.2) is 13.6 Å². The Bertz CT molecular complexity index is 1760. The van der Waals surface area contributed by atoms with Gasteiger partial charge in [-0.1, -0.05) is 80.9 Å². The Hall–Kier alpha value is -5.41. The zero-order valence-electron chi connectivity index (χ0n) is 35.9. The van der Waals surface area contributed by atoms with Crippen molar-refractivity contribution in [2.24, 2.45) is 5.92 Å². The number of ketones is 1. The van der Waals surface area contributed by atoms with Crippen LogP contribution < -0.4 is 21.3 Å². The van der Waals surface area contributed by atoms with Gasteiger partial charge in [0, 0.05) is 33.5 Å². The number of carbonyl (C=O) groups is 7. The SMILES string of the molecule is CCC.CN(C)C(=O)[C@@H](NC(=O)CNC(=O)C(=O)C(CCc1ccccc1)NC(=O)C1CCCN1C(=O)C(NC(=O)OC(C)(C)C)C1CCC(F)(F)CC1)c1ccccc1. The van der Waals surface area contributed by atoms with Crippen LogP contribution in [0.15, 0.2) is 60.7 Å². The number of likely N-dealkylation sites (N-methyl/N-ethyl adjacent to an activating group) is 1. The van der Waals surface area contributed by atoms with E-state index < -0.39 is 102 Å². The molecule has 1 saturated heterocycles. The van der Waals surface area contributed by atoms with Crippen molar-refractivity contribution in [3.05, 3.63) is 71.8 Å². The Morgan fingerprint density at radius 1 is 0.867 bits per heavy atom. The summed E-state index contributed by atoms with van der Waals surface area (Å²) in [4.78, 5) is 96.3. The molecule has 4 atom stereocenters. The monoisotopic (exact) mass is 840 g/mol. The van der Waals surface area contributed by atoms with Gasteiger partial charge in [-0.2, -0.15) is 0 Å². The van der Waals surface area contributed by atoms with Gasteiger partial charge in [-0.15, -0.1) is 0 Å². The number of carbonyl (C=O) groups excluding carboxylic acids is 7. The van der Waals surface area contributed by atoms with Crippen LogP contribution >= 0.6 is 0 Å². The van der Waals surface area contributed by atoms with E-state index in [2.05, 4.69) is 35.1 Å². The molecule has 14 nitrogen and oxygen atoms in total. The lowest BCUT2D eigenvalue weighted by atomic mass is 9.81. The first-order valence-corrected chi connectivity index (χ1v) is 20.7. The molecule has 330 valence electrons. The number of alkyl carbamates (subject to hydrolysis) is 1. The second-order valence-corrected chi connectivity index (χ2v) is 16.5. The minimum atomic E-state index is -2.89. The normalized spacial score (nSPS) is 17.7. The van der Waals surface area contributed by atoms with Crippen molar-refractivity contribution in [2.75, 3.05) is 27.2 Å². The number of nitrogens with zero attached hydrogens (tertiary/aromatic N) is 2. The molecule has 4 N–H and O–H groups in total. The van der Waals surface area contributed by atoms with Crippen LogP contribution in [0.2, 0.25) is 0 Å².